The van der Waals surface area contributed by atoms with E-state index in [4.69, 9.17) is 5.73 Å². The first-order valence-corrected chi connectivity index (χ1v) is 6.09. The molecule has 0 radical (unpaired) electrons. The third-order valence-corrected chi connectivity index (χ3v) is 3.34. The van der Waals surface area contributed by atoms with Crippen molar-refractivity contribution in [2.45, 2.75) is 25.0 Å². The third-order valence-electron chi connectivity index (χ3n) is 3.34. The number of carboxylic acids is 1. The average Bonchev–Trinajstić information content (AvgIpc) is 2.40. The van der Waals surface area contributed by atoms with Crippen LogP contribution in [0.15, 0.2) is 16.5 Å². The molecule has 1 saturated heterocycles. The maximum absolute atomic E-state index is 11.6. The van der Waals surface area contributed by atoms with Gasteiger partial charge in [-0.2, -0.15) is 0 Å². The maximum atomic E-state index is 11.6. The maximum Gasteiger partial charge on any atom is 0.369 e. The topological polar surface area (TPSA) is 103 Å². The molecule has 0 amide bonds. The zero-order valence-corrected chi connectivity index (χ0v) is 10.4. The van der Waals surface area contributed by atoms with Gasteiger partial charge < -0.3 is 21.5 Å². The number of hydrogen-bond acceptors (Lipinski definition) is 6. The lowest BCUT2D eigenvalue weighted by molar-refractivity contribution is -0.154. The van der Waals surface area contributed by atoms with Gasteiger partial charge >= 0.3 is 5.97 Å². The number of likely N-dealkylation sites (tertiary alicyclic amines) is 1. The molecule has 1 atom stereocenters. The van der Waals surface area contributed by atoms with Gasteiger partial charge in [-0.1, -0.05) is 6.42 Å². The number of carbonyl (C=O) groups is 1. The van der Waals surface area contributed by atoms with Crippen molar-refractivity contribution < 1.29 is 9.90 Å². The highest BCUT2D eigenvalue weighted by Gasteiger charge is 2.46. The molecule has 0 aliphatic carbocycles. The minimum Gasteiger partial charge on any atom is -0.477 e. The number of nitrogens with two attached hydrogens (primary N) is 1. The zero-order chi connectivity index (χ0) is 13.2. The Hall–Kier alpha value is -1.76. The highest BCUT2D eigenvalue weighted by atomic mass is 16.4. The van der Waals surface area contributed by atoms with Gasteiger partial charge in [-0.3, -0.25) is 4.90 Å². The predicted molar refractivity (Wildman–Crippen MR) is 67.7 cm³/mol. The molecule has 100 valence electrons. The van der Waals surface area contributed by atoms with Crippen LogP contribution in [0, 0.1) is 0 Å². The van der Waals surface area contributed by atoms with Crippen molar-refractivity contribution in [3.8, 4) is 0 Å². The van der Waals surface area contributed by atoms with E-state index < -0.39 is 11.8 Å². The van der Waals surface area contributed by atoms with Gasteiger partial charge in [0.2, 0.25) is 0 Å². The molecule has 2 rings (SSSR count). The summed E-state index contributed by atoms with van der Waals surface area (Å²) in [5, 5.41) is 15.3. The van der Waals surface area contributed by atoms with Gasteiger partial charge in [-0.25, -0.2) is 9.79 Å². The summed E-state index contributed by atoms with van der Waals surface area (Å²) >= 11 is 0. The van der Waals surface area contributed by atoms with Crippen LogP contribution in [0.3, 0.4) is 0 Å². The van der Waals surface area contributed by atoms with E-state index >= 15 is 0 Å². The first-order valence-electron chi connectivity index (χ1n) is 6.09. The van der Waals surface area contributed by atoms with Crippen molar-refractivity contribution in [3.05, 3.63) is 11.5 Å². The van der Waals surface area contributed by atoms with E-state index in [1.54, 1.807) is 7.05 Å². The summed E-state index contributed by atoms with van der Waals surface area (Å²) in [6.07, 6.45) is 4.51. The van der Waals surface area contributed by atoms with Crippen LogP contribution in [-0.4, -0.2) is 48.1 Å². The summed E-state index contributed by atoms with van der Waals surface area (Å²) < 4.78 is 0. The van der Waals surface area contributed by atoms with E-state index in [1.165, 1.54) is 6.21 Å². The molecule has 2 heterocycles. The summed E-state index contributed by atoms with van der Waals surface area (Å²) in [5.41, 5.74) is 6.14. The number of nitrogens with zero attached hydrogens (tertiary/aromatic N) is 2. The lowest BCUT2D eigenvalue weighted by Crippen LogP contribution is -2.66. The van der Waals surface area contributed by atoms with Crippen LogP contribution in [0.1, 0.15) is 19.3 Å². The predicted octanol–water partition coefficient (Wildman–Crippen LogP) is -0.768. The number of rotatable bonds is 3. The van der Waals surface area contributed by atoms with E-state index in [0.717, 1.165) is 19.3 Å². The molecule has 7 nitrogen and oxygen atoms in total. The largest absolute Gasteiger partial charge is 0.477 e. The Morgan fingerprint density at radius 3 is 2.78 bits per heavy atom. The Labute approximate surface area is 106 Å². The third kappa shape index (κ3) is 2.01. The van der Waals surface area contributed by atoms with Crippen LogP contribution in [-0.2, 0) is 4.79 Å². The number of aliphatic imine (C=N–C) groups is 1. The molecule has 0 aromatic heterocycles. The molecule has 0 aromatic carbocycles. The number of piperidine rings is 1. The number of nitrogens with one attached hydrogen (secondary N) is 2. The average molecular weight is 253 g/mol. The Kier molecular flexibility index (Phi) is 3.42. The molecule has 18 heavy (non-hydrogen) atoms. The molecular formula is C11H19N5O2. The van der Waals surface area contributed by atoms with Gasteiger partial charge in [-0.15, -0.1) is 0 Å². The summed E-state index contributed by atoms with van der Waals surface area (Å²) in [7, 11) is 1.69. The number of allylic oxidation sites excluding steroid dienone is 1. The summed E-state index contributed by atoms with van der Waals surface area (Å²) in [5.74, 6) is -1.94. The van der Waals surface area contributed by atoms with Crippen molar-refractivity contribution in [1.29, 1.82) is 0 Å². The highest BCUT2D eigenvalue weighted by molar-refractivity contribution is 5.87. The van der Waals surface area contributed by atoms with Crippen LogP contribution < -0.4 is 16.4 Å². The van der Waals surface area contributed by atoms with Crippen molar-refractivity contribution >= 4 is 12.2 Å². The molecule has 0 spiro atoms. The second kappa shape index (κ2) is 4.85. The molecule has 0 aromatic rings. The molecule has 2 aliphatic heterocycles. The van der Waals surface area contributed by atoms with E-state index in [-0.39, 0.29) is 0 Å². The molecule has 0 saturated carbocycles. The molecule has 7 heteroatoms. The van der Waals surface area contributed by atoms with Gasteiger partial charge in [0.25, 0.3) is 5.79 Å². The van der Waals surface area contributed by atoms with Gasteiger partial charge in [0, 0.05) is 20.1 Å². The van der Waals surface area contributed by atoms with Crippen LogP contribution in [0.25, 0.3) is 0 Å². The van der Waals surface area contributed by atoms with E-state index in [9.17, 15) is 9.90 Å². The molecular weight excluding hydrogens is 234 g/mol. The van der Waals surface area contributed by atoms with Crippen LogP contribution >= 0.6 is 0 Å². The second-order valence-electron chi connectivity index (χ2n) is 4.49. The lowest BCUT2D eigenvalue weighted by atomic mass is 10.1. The van der Waals surface area contributed by atoms with E-state index in [0.29, 0.717) is 24.6 Å². The zero-order valence-electron chi connectivity index (χ0n) is 10.4. The molecule has 2 aliphatic rings. The van der Waals surface area contributed by atoms with Gasteiger partial charge in [0.1, 0.15) is 5.82 Å². The number of carboxylic acid groups (broad SMARTS) is 1. The van der Waals surface area contributed by atoms with Crippen LogP contribution in [0.4, 0.5) is 0 Å². The smallest absolute Gasteiger partial charge is 0.369 e. The first kappa shape index (κ1) is 12.7. The quantitative estimate of drug-likeness (QED) is 0.527. The van der Waals surface area contributed by atoms with Gasteiger partial charge in [0.05, 0.1) is 11.9 Å². The minimum atomic E-state index is -1.43. The van der Waals surface area contributed by atoms with E-state index in [1.807, 2.05) is 4.90 Å². The Morgan fingerprint density at radius 2 is 2.22 bits per heavy atom. The Morgan fingerprint density at radius 1 is 1.56 bits per heavy atom. The van der Waals surface area contributed by atoms with Crippen LogP contribution in [0.5, 0.6) is 0 Å². The molecule has 1 fully saturated rings. The Balaban J connectivity index is 2.30. The fourth-order valence-electron chi connectivity index (χ4n) is 2.34. The van der Waals surface area contributed by atoms with Gasteiger partial charge in [-0.05, 0) is 12.8 Å². The lowest BCUT2D eigenvalue weighted by Gasteiger charge is -2.42. The molecule has 1 unspecified atom stereocenters. The van der Waals surface area contributed by atoms with Crippen LogP contribution in [0.2, 0.25) is 0 Å². The van der Waals surface area contributed by atoms with Crippen molar-refractivity contribution in [1.82, 2.24) is 15.5 Å². The van der Waals surface area contributed by atoms with E-state index in [2.05, 4.69) is 15.6 Å². The number of aliphatic carboxylic acids is 1. The molecule has 5 N–H and O–H groups in total. The standard InChI is InChI=1S/C11H19N5O2/c1-13-9-8(12)7-14-11(15-9,10(17)18)16-5-3-2-4-6-16/h7,13,15H,2-6,12H2,1H3,(H,17,18). The van der Waals surface area contributed by atoms with Crippen molar-refractivity contribution in [2.75, 3.05) is 20.1 Å². The fourth-order valence-corrected chi connectivity index (χ4v) is 2.34. The normalized spacial score (nSPS) is 28.9. The van der Waals surface area contributed by atoms with Crippen molar-refractivity contribution in [3.63, 3.8) is 0 Å². The highest BCUT2D eigenvalue weighted by Crippen LogP contribution is 2.23. The molecule has 0 bridgehead atoms. The minimum absolute atomic E-state index is 0.409. The summed E-state index contributed by atoms with van der Waals surface area (Å²) in [6, 6.07) is 0. The second-order valence-corrected chi connectivity index (χ2v) is 4.49. The first-order chi connectivity index (χ1) is 8.60. The fraction of sp³-hybridized carbons (Fsp3) is 0.636. The SMILES string of the molecule is CNC1=C(N)C=NC(C(=O)O)(N2CCCCC2)N1. The monoisotopic (exact) mass is 253 g/mol. The van der Waals surface area contributed by atoms with Crippen molar-refractivity contribution in [2.24, 2.45) is 10.7 Å². The van der Waals surface area contributed by atoms with Gasteiger partial charge in [0.15, 0.2) is 0 Å². The Bertz CT molecular complexity index is 400. The summed E-state index contributed by atoms with van der Waals surface area (Å²) in [6.45, 7) is 1.43. The number of hydrogen-bond donors (Lipinski definition) is 4. The summed E-state index contributed by atoms with van der Waals surface area (Å²) in [4.78, 5) is 17.6.